The van der Waals surface area contributed by atoms with Crippen LogP contribution in [0.4, 0.5) is 10.5 Å². The van der Waals surface area contributed by atoms with Crippen LogP contribution in [0.5, 0.6) is 0 Å². The fraction of sp³-hybridized carbons (Fsp3) is 0.333. The van der Waals surface area contributed by atoms with Crippen LogP contribution in [0.2, 0.25) is 0 Å². The molecule has 0 saturated carbocycles. The largest absolute Gasteiger partial charge is 0.444 e. The van der Waals surface area contributed by atoms with Gasteiger partial charge in [-0.2, -0.15) is 0 Å². The average molecular weight is 343 g/mol. The highest BCUT2D eigenvalue weighted by Gasteiger charge is 2.20. The molecule has 0 aliphatic rings. The Morgan fingerprint density at radius 2 is 1.92 bits per heavy atom. The zero-order valence-corrected chi connectivity index (χ0v) is 14.4. The number of non-ortho nitro benzene ring substituents is 1. The van der Waals surface area contributed by atoms with E-state index in [4.69, 9.17) is 4.74 Å². The van der Waals surface area contributed by atoms with Gasteiger partial charge < -0.3 is 10.1 Å². The van der Waals surface area contributed by atoms with Gasteiger partial charge in [-0.05, 0) is 38.5 Å². The number of carbonyl (C=O) groups is 1. The predicted molar refractivity (Wildman–Crippen MR) is 93.4 cm³/mol. The summed E-state index contributed by atoms with van der Waals surface area (Å²) in [5.74, 6) is -0.241. The van der Waals surface area contributed by atoms with E-state index in [1.807, 2.05) is 12.1 Å². The number of aromatic nitrogens is 1. The Labute approximate surface area is 146 Å². The molecule has 0 aliphatic carbocycles. The van der Waals surface area contributed by atoms with Gasteiger partial charge in [0.05, 0.1) is 4.92 Å². The van der Waals surface area contributed by atoms with Gasteiger partial charge in [-0.25, -0.2) is 4.79 Å². The van der Waals surface area contributed by atoms with E-state index in [1.165, 1.54) is 12.1 Å². The van der Waals surface area contributed by atoms with Gasteiger partial charge in [-0.1, -0.05) is 18.2 Å². The number of nitro groups is 1. The third-order valence-corrected chi connectivity index (χ3v) is 3.40. The van der Waals surface area contributed by atoms with Gasteiger partial charge in [0.25, 0.3) is 5.69 Å². The van der Waals surface area contributed by atoms with Gasteiger partial charge in [-0.15, -0.1) is 0 Å². The number of rotatable bonds is 5. The normalized spacial score (nSPS) is 12.3. The molecule has 2 rings (SSSR count). The van der Waals surface area contributed by atoms with Gasteiger partial charge in [-0.3, -0.25) is 15.1 Å². The number of nitrogens with one attached hydrogen (secondary N) is 1. The van der Waals surface area contributed by atoms with E-state index in [0.717, 1.165) is 11.3 Å². The number of benzene rings is 1. The molecule has 1 aromatic carbocycles. The highest BCUT2D eigenvalue weighted by molar-refractivity contribution is 5.67. The maximum Gasteiger partial charge on any atom is 0.407 e. The van der Waals surface area contributed by atoms with Gasteiger partial charge >= 0.3 is 6.09 Å². The first kappa shape index (κ1) is 18.4. The van der Waals surface area contributed by atoms with E-state index in [9.17, 15) is 14.9 Å². The summed E-state index contributed by atoms with van der Waals surface area (Å²) in [5, 5.41) is 13.6. The maximum atomic E-state index is 11.9. The lowest BCUT2D eigenvalue weighted by atomic mass is 9.95. The second-order valence-corrected chi connectivity index (χ2v) is 6.54. The van der Waals surface area contributed by atoms with Crippen LogP contribution in [0.1, 0.15) is 37.9 Å². The number of hydrogen-bond donors (Lipinski definition) is 1. The molecule has 0 radical (unpaired) electrons. The third kappa shape index (κ3) is 5.56. The number of hydrogen-bond acceptors (Lipinski definition) is 5. The molecule has 0 bridgehead atoms. The number of nitro benzene ring substituents is 1. The van der Waals surface area contributed by atoms with E-state index >= 15 is 0 Å². The third-order valence-electron chi connectivity index (χ3n) is 3.40. The molecule has 0 fully saturated rings. The van der Waals surface area contributed by atoms with Gasteiger partial charge in [0.15, 0.2) is 0 Å². The van der Waals surface area contributed by atoms with Gasteiger partial charge in [0, 0.05) is 36.5 Å². The first-order valence-corrected chi connectivity index (χ1v) is 7.88. The zero-order valence-electron chi connectivity index (χ0n) is 14.4. The molecule has 7 heteroatoms. The topological polar surface area (TPSA) is 94.4 Å². The molecule has 0 saturated heterocycles. The Bertz CT molecular complexity index is 724. The summed E-state index contributed by atoms with van der Waals surface area (Å²) in [5.41, 5.74) is 1.01. The molecule has 1 aromatic heterocycles. The minimum Gasteiger partial charge on any atom is -0.444 e. The summed E-state index contributed by atoms with van der Waals surface area (Å²) < 4.78 is 5.25. The Morgan fingerprint density at radius 3 is 2.44 bits per heavy atom. The molecule has 132 valence electrons. The maximum absolute atomic E-state index is 11.9. The van der Waals surface area contributed by atoms with Crippen molar-refractivity contribution < 1.29 is 14.5 Å². The lowest BCUT2D eigenvalue weighted by molar-refractivity contribution is -0.384. The van der Waals surface area contributed by atoms with Crippen LogP contribution < -0.4 is 5.32 Å². The van der Waals surface area contributed by atoms with E-state index < -0.39 is 16.6 Å². The van der Waals surface area contributed by atoms with Crippen LogP contribution >= 0.6 is 0 Å². The van der Waals surface area contributed by atoms with Crippen molar-refractivity contribution in [1.82, 2.24) is 10.3 Å². The van der Waals surface area contributed by atoms with E-state index in [0.29, 0.717) is 0 Å². The first-order valence-electron chi connectivity index (χ1n) is 7.88. The molecular formula is C18H21N3O4. The summed E-state index contributed by atoms with van der Waals surface area (Å²) in [4.78, 5) is 26.6. The summed E-state index contributed by atoms with van der Waals surface area (Å²) in [6, 6.07) is 11.7. The molecular weight excluding hydrogens is 322 g/mol. The van der Waals surface area contributed by atoms with Gasteiger partial charge in [0.1, 0.15) is 5.60 Å². The molecule has 0 spiro atoms. The summed E-state index contributed by atoms with van der Waals surface area (Å²) in [7, 11) is 0. The summed E-state index contributed by atoms with van der Waals surface area (Å²) >= 11 is 0. The van der Waals surface area contributed by atoms with Crippen LogP contribution in [-0.2, 0) is 4.74 Å². The highest BCUT2D eigenvalue weighted by Crippen LogP contribution is 2.24. The fourth-order valence-corrected chi connectivity index (χ4v) is 2.30. The lowest BCUT2D eigenvalue weighted by Crippen LogP contribution is -2.35. The quantitative estimate of drug-likeness (QED) is 0.660. The molecule has 1 heterocycles. The Morgan fingerprint density at radius 1 is 1.24 bits per heavy atom. The minimum atomic E-state index is -0.585. The number of alkyl carbamates (subject to hydrolysis) is 1. The number of amides is 1. The summed E-state index contributed by atoms with van der Waals surface area (Å²) in [6.07, 6.45) is 1.15. The Hall–Kier alpha value is -2.96. The first-order chi connectivity index (χ1) is 11.8. The SMILES string of the molecule is CC(C)(C)OC(=O)NCC(c1ccc([N+](=O)[O-])cc1)c1ccccn1. The van der Waals surface area contributed by atoms with Crippen molar-refractivity contribution in [2.24, 2.45) is 0 Å². The number of carbonyl (C=O) groups excluding carboxylic acids is 1. The van der Waals surface area contributed by atoms with Crippen LogP contribution in [0.15, 0.2) is 48.7 Å². The second-order valence-electron chi connectivity index (χ2n) is 6.54. The Kier molecular flexibility index (Phi) is 5.69. The van der Waals surface area contributed by atoms with E-state index in [-0.39, 0.29) is 18.2 Å². The lowest BCUT2D eigenvalue weighted by Gasteiger charge is -2.22. The average Bonchev–Trinajstić information content (AvgIpc) is 2.55. The van der Waals surface area contributed by atoms with Crippen LogP contribution in [-0.4, -0.2) is 28.1 Å². The van der Waals surface area contributed by atoms with Crippen LogP contribution in [0, 0.1) is 10.1 Å². The van der Waals surface area contributed by atoms with E-state index in [2.05, 4.69) is 10.3 Å². The van der Waals surface area contributed by atoms with Crippen molar-refractivity contribution in [2.45, 2.75) is 32.3 Å². The van der Waals surface area contributed by atoms with Crippen molar-refractivity contribution >= 4 is 11.8 Å². The number of ether oxygens (including phenoxy) is 1. The Balaban J connectivity index is 2.19. The standard InChI is InChI=1S/C18H21N3O4/c1-18(2,3)25-17(22)20-12-15(16-6-4-5-11-19-16)13-7-9-14(10-8-13)21(23)24/h4-11,15H,12H2,1-3H3,(H,20,22). The molecule has 0 aliphatic heterocycles. The molecule has 1 atom stereocenters. The summed E-state index contributed by atoms with van der Waals surface area (Å²) in [6.45, 7) is 5.64. The fourth-order valence-electron chi connectivity index (χ4n) is 2.30. The highest BCUT2D eigenvalue weighted by atomic mass is 16.6. The van der Waals surface area contributed by atoms with Crippen molar-refractivity contribution in [3.05, 3.63) is 70.0 Å². The van der Waals surface area contributed by atoms with Crippen molar-refractivity contribution in [3.8, 4) is 0 Å². The molecule has 1 amide bonds. The number of pyridine rings is 1. The second kappa shape index (κ2) is 7.74. The van der Waals surface area contributed by atoms with Crippen molar-refractivity contribution in [1.29, 1.82) is 0 Å². The molecule has 1 unspecified atom stereocenters. The van der Waals surface area contributed by atoms with Crippen molar-refractivity contribution in [3.63, 3.8) is 0 Å². The molecule has 1 N–H and O–H groups in total. The van der Waals surface area contributed by atoms with E-state index in [1.54, 1.807) is 45.2 Å². The zero-order chi connectivity index (χ0) is 18.4. The van der Waals surface area contributed by atoms with Crippen molar-refractivity contribution in [2.75, 3.05) is 6.54 Å². The molecule has 25 heavy (non-hydrogen) atoms. The number of nitrogens with zero attached hydrogens (tertiary/aromatic N) is 2. The molecule has 2 aromatic rings. The smallest absolute Gasteiger partial charge is 0.407 e. The van der Waals surface area contributed by atoms with Crippen LogP contribution in [0.3, 0.4) is 0 Å². The predicted octanol–water partition coefficient (Wildman–Crippen LogP) is 3.65. The minimum absolute atomic E-state index is 0.0172. The monoisotopic (exact) mass is 343 g/mol. The molecule has 7 nitrogen and oxygen atoms in total. The van der Waals surface area contributed by atoms with Gasteiger partial charge in [0.2, 0.25) is 0 Å². The van der Waals surface area contributed by atoms with Crippen LogP contribution in [0.25, 0.3) is 0 Å².